The first kappa shape index (κ1) is 110. The van der Waals surface area contributed by atoms with Gasteiger partial charge in [-0.1, -0.05) is 61.2 Å². The standard InChI is InChI=1S/C48H57N5O9S.C43H49N5O7S.2CO2.2O3S/c1-7-27-60-43-17-13-38(14-18-43)10-12-40-32-42(50-45(33-40)46(54)59-6)35-52-22-21-51(23-25-53(26-24-52)47(55)62-48(3,4)5)34-41-31-39(30-36(2)49-41)11-9-37-15-19-44(20-16-37)61-28-8-29-63(56,57)58;1-4-24-54-40-14-10-35(11-15-40)7-9-37-29-39(46-42(30-37)43(49)53-3)32-48-21-19-44-18-20-47(22-23-48)31-38-28-36(27-33(2)45-38)8-6-34-12-16-41(17-13-34)55-25-5-26-56(50,51)52;2*2-1-3;2*1-4(2)3/h13-20,30-33H,7-8,21-29,34-35H2,1-6H3,(H,56,57,58);10-17,27-30,44H,4-5,18-26,31-32H2,1-3H3,(H,50,51,52);;;;. The average Bonchev–Trinajstić information content (AvgIpc) is 1.15. The summed E-state index contributed by atoms with van der Waals surface area (Å²) in [7, 11) is -11.6. The average molecular weight is 1910 g/mol. The Kier molecular flexibility index (Phi) is 49.1. The smallest absolute Gasteiger partial charge is 0.425 e. The van der Waals surface area contributed by atoms with Crippen LogP contribution in [0.25, 0.3) is 0 Å². The number of hydrogen-bond acceptors (Lipinski definition) is 33. The monoisotopic (exact) mass is 1910 g/mol. The topological polar surface area (TPSA) is 475 Å². The lowest BCUT2D eigenvalue weighted by Crippen LogP contribution is -2.42. The minimum Gasteiger partial charge on any atom is -0.494 e. The van der Waals surface area contributed by atoms with E-state index in [4.69, 9.17) is 96.7 Å². The number of pyridine rings is 4. The zero-order chi connectivity index (χ0) is 97.7. The summed E-state index contributed by atoms with van der Waals surface area (Å²) in [5.74, 6) is 26.7. The van der Waals surface area contributed by atoms with Crippen LogP contribution in [0.3, 0.4) is 0 Å². The number of hydrogen-bond donors (Lipinski definition) is 3. The lowest BCUT2D eigenvalue weighted by Gasteiger charge is -2.29. The fraction of sp³-hybridized carbons (Fsp3) is 0.387. The predicted molar refractivity (Wildman–Crippen MR) is 485 cm³/mol. The van der Waals surface area contributed by atoms with Gasteiger partial charge in [-0.15, -0.1) is 25.3 Å². The number of nitrogens with one attached hydrogen (secondary N) is 1. The first-order valence-electron chi connectivity index (χ1n) is 41.5. The molecule has 0 radical (unpaired) electrons. The van der Waals surface area contributed by atoms with Crippen molar-refractivity contribution in [2.75, 3.05) is 131 Å². The largest absolute Gasteiger partial charge is 0.494 e. The molecule has 133 heavy (non-hydrogen) atoms. The number of carbonyl (C=O) groups excluding carboxylic acids is 7. The molecule has 2 aliphatic heterocycles. The number of rotatable bonds is 26. The van der Waals surface area contributed by atoms with Crippen molar-refractivity contribution in [3.63, 3.8) is 0 Å². The third-order valence-corrected chi connectivity index (χ3v) is 19.8. The second-order valence-electron chi connectivity index (χ2n) is 30.1. The highest BCUT2D eigenvalue weighted by Crippen LogP contribution is 2.22. The van der Waals surface area contributed by atoms with Gasteiger partial charge in [-0.2, -0.15) is 36.0 Å². The molecule has 4 aromatic heterocycles. The molecule has 2 saturated heterocycles. The van der Waals surface area contributed by atoms with Gasteiger partial charge >= 0.3 is 51.6 Å². The number of esters is 2. The Bertz CT molecular complexity index is 5930. The van der Waals surface area contributed by atoms with E-state index in [9.17, 15) is 31.2 Å². The summed E-state index contributed by atoms with van der Waals surface area (Å²) in [6, 6.07) is 44.7. The van der Waals surface area contributed by atoms with Crippen molar-refractivity contribution in [1.29, 1.82) is 0 Å². The van der Waals surface area contributed by atoms with Crippen molar-refractivity contribution < 1.29 is 118 Å². The molecule has 6 heterocycles. The van der Waals surface area contributed by atoms with Crippen LogP contribution in [0.15, 0.2) is 146 Å². The molecule has 0 aliphatic carbocycles. The Labute approximate surface area is 777 Å². The molecular formula is C93H106N10O26S4. The number of benzene rings is 4. The zero-order valence-electron chi connectivity index (χ0n) is 75.1. The van der Waals surface area contributed by atoms with Crippen LogP contribution < -0.4 is 24.3 Å². The van der Waals surface area contributed by atoms with Crippen LogP contribution in [0.1, 0.15) is 160 Å². The molecule has 0 atom stereocenters. The third-order valence-electron chi connectivity index (χ3n) is 18.2. The number of amides is 1. The van der Waals surface area contributed by atoms with E-state index in [1.165, 1.54) is 14.2 Å². The third kappa shape index (κ3) is 47.9. The van der Waals surface area contributed by atoms with E-state index in [2.05, 4.69) is 96.1 Å². The molecule has 0 spiro atoms. The second-order valence-corrected chi connectivity index (χ2v) is 34.1. The molecule has 2 aliphatic rings. The summed E-state index contributed by atoms with van der Waals surface area (Å²) in [6.45, 7) is 25.5. The molecule has 0 saturated carbocycles. The number of carbonyl (C=O) groups is 3. The van der Waals surface area contributed by atoms with Gasteiger partial charge in [0.25, 0.3) is 20.2 Å². The summed E-state index contributed by atoms with van der Waals surface area (Å²) in [6.07, 6.45) is 2.35. The van der Waals surface area contributed by atoms with Crippen LogP contribution in [0.4, 0.5) is 4.79 Å². The fourth-order valence-corrected chi connectivity index (χ4v) is 13.4. The molecule has 2 fully saturated rings. The molecule has 1 amide bonds. The molecule has 8 aromatic rings. The Hall–Kier alpha value is -13.2. The molecule has 10 rings (SSSR count). The first-order chi connectivity index (χ1) is 63.4. The Morgan fingerprint density at radius 2 is 0.654 bits per heavy atom. The van der Waals surface area contributed by atoms with Gasteiger partial charge in [0.05, 0.1) is 74.9 Å². The van der Waals surface area contributed by atoms with E-state index in [0.717, 1.165) is 125 Å². The van der Waals surface area contributed by atoms with Gasteiger partial charge in [0.15, 0.2) is 0 Å². The molecular weight excluding hydrogens is 1800 g/mol. The van der Waals surface area contributed by atoms with Crippen molar-refractivity contribution >= 4 is 71.8 Å². The van der Waals surface area contributed by atoms with Gasteiger partial charge < -0.3 is 43.4 Å². The number of ether oxygens (including phenoxy) is 7. The molecule has 3 N–H and O–H groups in total. The highest BCUT2D eigenvalue weighted by atomic mass is 32.2. The molecule has 36 nitrogen and oxygen atoms in total. The van der Waals surface area contributed by atoms with E-state index in [-0.39, 0.29) is 67.3 Å². The minimum absolute atomic E-state index is 0.156. The van der Waals surface area contributed by atoms with E-state index in [0.29, 0.717) is 107 Å². The van der Waals surface area contributed by atoms with Crippen molar-refractivity contribution in [2.45, 2.75) is 106 Å². The van der Waals surface area contributed by atoms with E-state index < -0.39 is 59.0 Å². The summed E-state index contributed by atoms with van der Waals surface area (Å²) in [4.78, 5) is 101. The van der Waals surface area contributed by atoms with Crippen molar-refractivity contribution in [2.24, 2.45) is 0 Å². The summed E-state index contributed by atoms with van der Waals surface area (Å²) >= 11 is 0. The Morgan fingerprint density at radius 3 is 0.925 bits per heavy atom. The van der Waals surface area contributed by atoms with Crippen LogP contribution in [-0.4, -0.2) is 262 Å². The quantitative estimate of drug-likeness (QED) is 0.0152. The van der Waals surface area contributed by atoms with E-state index in [1.807, 2.05) is 144 Å². The molecule has 40 heteroatoms. The molecule has 4 aromatic carbocycles. The Balaban J connectivity index is 0.000000414. The van der Waals surface area contributed by atoms with Crippen LogP contribution in [-0.2, 0) is 101 Å². The maximum atomic E-state index is 13.5. The van der Waals surface area contributed by atoms with Gasteiger partial charge in [-0.3, -0.25) is 38.7 Å². The van der Waals surface area contributed by atoms with E-state index in [1.54, 1.807) is 41.3 Å². The van der Waals surface area contributed by atoms with Crippen molar-refractivity contribution in [3.05, 3.63) is 236 Å². The van der Waals surface area contributed by atoms with Crippen LogP contribution >= 0.6 is 0 Å². The predicted octanol–water partition coefficient (Wildman–Crippen LogP) is 7.92. The van der Waals surface area contributed by atoms with Crippen LogP contribution in [0.5, 0.6) is 23.0 Å². The van der Waals surface area contributed by atoms with Gasteiger partial charge in [0, 0.05) is 161 Å². The number of aromatic nitrogens is 4. The van der Waals surface area contributed by atoms with Gasteiger partial charge in [0.2, 0.25) is 0 Å². The minimum atomic E-state index is -4.02. The summed E-state index contributed by atoms with van der Waals surface area (Å²) in [5, 5.41) is 3.55. The fourth-order valence-electron chi connectivity index (χ4n) is 12.4. The SMILES string of the molecule is CCCOc1ccc(C#Cc2cc(CN3CCN(Cc4cc(C#Cc5ccc(OCCCS(=O)(=O)O)cc5)cc(C)n4)CCN(C(=O)OC(C)(C)C)CC3)nc(C(=O)OC)c2)cc1.CCCOc1ccc(C#Cc2cc(CN3CCNCCN(Cc4cc(C#Cc5ccc(OCCCS(=O)(=O)O)cc5)cc(C)n4)CC3)nc(C(=O)OC)c2)cc1.O=C=O.O=C=O.O=S(=O)=O.O=S(=O)=O. The van der Waals surface area contributed by atoms with Gasteiger partial charge in [-0.25, -0.2) is 24.4 Å². The first-order valence-corrected chi connectivity index (χ1v) is 46.7. The lowest BCUT2D eigenvalue weighted by molar-refractivity contribution is -0.193. The molecule has 0 unspecified atom stereocenters. The zero-order valence-corrected chi connectivity index (χ0v) is 78.4. The number of nitrogens with zero attached hydrogens (tertiary/aromatic N) is 9. The van der Waals surface area contributed by atoms with Crippen LogP contribution in [0, 0.1) is 61.2 Å². The maximum Gasteiger partial charge on any atom is 0.425 e. The number of aryl methyl sites for hydroxylation is 2. The van der Waals surface area contributed by atoms with Crippen molar-refractivity contribution in [3.8, 4) is 70.4 Å². The maximum absolute atomic E-state index is 13.5. The normalized spacial score (nSPS) is 12.9. The number of methoxy groups -OCH3 is 2. The summed E-state index contributed by atoms with van der Waals surface area (Å²) < 4.78 is 151. The second kappa shape index (κ2) is 59.2. The van der Waals surface area contributed by atoms with Crippen molar-refractivity contribution in [1.82, 2.24) is 49.8 Å². The lowest BCUT2D eigenvalue weighted by atomic mass is 10.1. The molecule has 708 valence electrons. The van der Waals surface area contributed by atoms with Crippen LogP contribution in [0.2, 0.25) is 0 Å². The highest BCUT2D eigenvalue weighted by molar-refractivity contribution is 7.86. The Morgan fingerprint density at radius 1 is 0.398 bits per heavy atom. The summed E-state index contributed by atoms with van der Waals surface area (Å²) in [5.41, 5.74) is 10.8. The molecule has 0 bridgehead atoms. The van der Waals surface area contributed by atoms with E-state index >= 15 is 0 Å². The van der Waals surface area contributed by atoms with Gasteiger partial charge in [0.1, 0.15) is 40.0 Å². The van der Waals surface area contributed by atoms with Gasteiger partial charge in [-0.05, 0) is 206 Å². The highest BCUT2D eigenvalue weighted by Gasteiger charge is 2.27.